The highest BCUT2D eigenvalue weighted by Gasteiger charge is 2.03. The lowest BCUT2D eigenvalue weighted by molar-refractivity contribution is -0.134. The number of carbonyl (C=O) groups is 1. The Bertz CT molecular complexity index is 560. The lowest BCUT2D eigenvalue weighted by Crippen LogP contribution is -1.93. The van der Waals surface area contributed by atoms with Crippen molar-refractivity contribution < 1.29 is 9.53 Å². The van der Waals surface area contributed by atoms with Gasteiger partial charge >= 0.3 is 5.97 Å². The summed E-state index contributed by atoms with van der Waals surface area (Å²) < 4.78 is 5.49. The van der Waals surface area contributed by atoms with E-state index in [0.29, 0.717) is 5.69 Å². The maximum Gasteiger partial charge on any atom is 0.330 e. The summed E-state index contributed by atoms with van der Waals surface area (Å²) in [5.41, 5.74) is 1.63. The van der Waals surface area contributed by atoms with E-state index in [0.717, 1.165) is 15.4 Å². The molecular formula is C11H9BrN2O2. The number of benzene rings is 1. The average Bonchev–Trinajstić information content (AvgIpc) is 2.68. The Balaban J connectivity index is 2.39. The molecule has 2 aromatic rings. The number of rotatable bonds is 2. The smallest absolute Gasteiger partial charge is 0.330 e. The molecule has 1 heterocycles. The van der Waals surface area contributed by atoms with E-state index >= 15 is 0 Å². The first-order valence-corrected chi connectivity index (χ1v) is 5.39. The third kappa shape index (κ3) is 2.14. The van der Waals surface area contributed by atoms with E-state index in [2.05, 4.69) is 30.9 Å². The number of H-pyrrole nitrogens is 1. The van der Waals surface area contributed by atoms with Crippen molar-refractivity contribution in [2.45, 2.75) is 0 Å². The third-order valence-electron chi connectivity index (χ3n) is 2.13. The Hall–Kier alpha value is -1.62. The molecule has 2 rings (SSSR count). The van der Waals surface area contributed by atoms with Gasteiger partial charge in [0.2, 0.25) is 0 Å². The van der Waals surface area contributed by atoms with Gasteiger partial charge in [-0.05, 0) is 24.3 Å². The summed E-state index contributed by atoms with van der Waals surface area (Å²) in [6.45, 7) is 0. The highest BCUT2D eigenvalue weighted by atomic mass is 79.9. The summed E-state index contributed by atoms with van der Waals surface area (Å²) in [4.78, 5) is 10.9. The Morgan fingerprint density at radius 2 is 2.38 bits per heavy atom. The molecule has 1 aromatic heterocycles. The number of methoxy groups -OCH3 is 1. The minimum Gasteiger partial charge on any atom is -0.466 e. The molecule has 1 aromatic carbocycles. The van der Waals surface area contributed by atoms with Gasteiger partial charge in [0.1, 0.15) is 0 Å². The minimum atomic E-state index is -0.395. The molecular weight excluding hydrogens is 272 g/mol. The first-order chi connectivity index (χ1) is 7.70. The van der Waals surface area contributed by atoms with E-state index in [1.165, 1.54) is 13.2 Å². The van der Waals surface area contributed by atoms with Crippen LogP contribution in [0.5, 0.6) is 0 Å². The molecule has 0 amide bonds. The summed E-state index contributed by atoms with van der Waals surface area (Å²) in [6, 6.07) is 5.78. The molecule has 0 aliphatic carbocycles. The van der Waals surface area contributed by atoms with Crippen LogP contribution >= 0.6 is 15.9 Å². The molecule has 0 spiro atoms. The predicted octanol–water partition coefficient (Wildman–Crippen LogP) is 2.51. The summed E-state index contributed by atoms with van der Waals surface area (Å²) in [5.74, 6) is -0.395. The number of aromatic amines is 1. The van der Waals surface area contributed by atoms with Crippen molar-refractivity contribution in [1.82, 2.24) is 10.2 Å². The van der Waals surface area contributed by atoms with Crippen LogP contribution in [0.3, 0.4) is 0 Å². The van der Waals surface area contributed by atoms with Crippen molar-refractivity contribution in [3.8, 4) is 0 Å². The van der Waals surface area contributed by atoms with Gasteiger partial charge in [0.25, 0.3) is 0 Å². The number of fused-ring (bicyclic) bond motifs is 1. The van der Waals surface area contributed by atoms with Crippen LogP contribution in [-0.4, -0.2) is 23.3 Å². The molecule has 16 heavy (non-hydrogen) atoms. The molecule has 0 saturated heterocycles. The first kappa shape index (κ1) is 10.9. The SMILES string of the molecule is COC(=O)C=Cc1n[nH]c2cc(Br)ccc12. The van der Waals surface area contributed by atoms with Crippen LogP contribution in [0.2, 0.25) is 0 Å². The minimum absolute atomic E-state index is 0.395. The number of hydrogen-bond acceptors (Lipinski definition) is 3. The van der Waals surface area contributed by atoms with Gasteiger partial charge in [-0.25, -0.2) is 4.79 Å². The fraction of sp³-hybridized carbons (Fsp3) is 0.0909. The van der Waals surface area contributed by atoms with Crippen LogP contribution in [0, 0.1) is 0 Å². The maximum absolute atomic E-state index is 10.9. The van der Waals surface area contributed by atoms with Crippen LogP contribution in [0.25, 0.3) is 17.0 Å². The van der Waals surface area contributed by atoms with E-state index < -0.39 is 5.97 Å². The Labute approximate surface area is 100 Å². The van der Waals surface area contributed by atoms with Gasteiger partial charge < -0.3 is 4.74 Å². The summed E-state index contributed by atoms with van der Waals surface area (Å²) in [6.07, 6.45) is 2.97. The van der Waals surface area contributed by atoms with Crippen molar-refractivity contribution >= 4 is 38.9 Å². The molecule has 0 fully saturated rings. The molecule has 0 aliphatic rings. The first-order valence-electron chi connectivity index (χ1n) is 4.60. The van der Waals surface area contributed by atoms with Crippen LogP contribution in [0.1, 0.15) is 5.69 Å². The Kier molecular flexibility index (Phi) is 3.05. The van der Waals surface area contributed by atoms with Crippen molar-refractivity contribution in [2.24, 2.45) is 0 Å². The number of aromatic nitrogens is 2. The third-order valence-corrected chi connectivity index (χ3v) is 2.63. The molecule has 0 aliphatic heterocycles. The van der Waals surface area contributed by atoms with Crippen molar-refractivity contribution in [2.75, 3.05) is 7.11 Å². The molecule has 0 saturated carbocycles. The summed E-state index contributed by atoms with van der Waals surface area (Å²) >= 11 is 3.38. The molecule has 82 valence electrons. The number of ether oxygens (including phenoxy) is 1. The van der Waals surface area contributed by atoms with E-state index in [1.54, 1.807) is 6.08 Å². The zero-order chi connectivity index (χ0) is 11.5. The van der Waals surface area contributed by atoms with Crippen LogP contribution in [-0.2, 0) is 9.53 Å². The number of nitrogens with zero attached hydrogens (tertiary/aromatic N) is 1. The van der Waals surface area contributed by atoms with Gasteiger partial charge in [-0.2, -0.15) is 5.10 Å². The fourth-order valence-corrected chi connectivity index (χ4v) is 1.72. The molecule has 0 unspecified atom stereocenters. The lowest BCUT2D eigenvalue weighted by Gasteiger charge is -1.91. The van der Waals surface area contributed by atoms with Gasteiger partial charge in [0.05, 0.1) is 18.3 Å². The lowest BCUT2D eigenvalue weighted by atomic mass is 10.2. The van der Waals surface area contributed by atoms with Crippen molar-refractivity contribution in [3.63, 3.8) is 0 Å². The van der Waals surface area contributed by atoms with Crippen LogP contribution in [0.4, 0.5) is 0 Å². The molecule has 0 bridgehead atoms. The second kappa shape index (κ2) is 4.49. The number of carbonyl (C=O) groups excluding carboxylic acids is 1. The monoisotopic (exact) mass is 280 g/mol. The second-order valence-electron chi connectivity index (χ2n) is 3.16. The molecule has 4 nitrogen and oxygen atoms in total. The Morgan fingerprint density at radius 1 is 1.56 bits per heavy atom. The largest absolute Gasteiger partial charge is 0.466 e. The number of halogens is 1. The normalized spacial score (nSPS) is 11.1. The topological polar surface area (TPSA) is 55.0 Å². The summed E-state index contributed by atoms with van der Waals surface area (Å²) in [5, 5.41) is 7.95. The van der Waals surface area contributed by atoms with E-state index in [-0.39, 0.29) is 0 Å². The Morgan fingerprint density at radius 3 is 3.12 bits per heavy atom. The van der Waals surface area contributed by atoms with Crippen LogP contribution < -0.4 is 0 Å². The number of esters is 1. The average molecular weight is 281 g/mol. The van der Waals surface area contributed by atoms with Crippen molar-refractivity contribution in [1.29, 1.82) is 0 Å². The van der Waals surface area contributed by atoms with Gasteiger partial charge in [-0.1, -0.05) is 15.9 Å². The number of hydrogen-bond donors (Lipinski definition) is 1. The van der Waals surface area contributed by atoms with E-state index in [9.17, 15) is 4.79 Å². The van der Waals surface area contributed by atoms with Gasteiger partial charge in [-0.3, -0.25) is 5.10 Å². The van der Waals surface area contributed by atoms with Crippen molar-refractivity contribution in [3.05, 3.63) is 34.4 Å². The standard InChI is InChI=1S/C11H9BrN2O2/c1-16-11(15)5-4-9-8-3-2-7(12)6-10(8)14-13-9/h2-6H,1H3,(H,13,14). The zero-order valence-corrected chi connectivity index (χ0v) is 10.1. The van der Waals surface area contributed by atoms with Gasteiger partial charge in [0.15, 0.2) is 0 Å². The number of nitrogens with one attached hydrogen (secondary N) is 1. The fourth-order valence-electron chi connectivity index (χ4n) is 1.36. The summed E-state index contributed by atoms with van der Waals surface area (Å²) in [7, 11) is 1.34. The zero-order valence-electron chi connectivity index (χ0n) is 8.53. The van der Waals surface area contributed by atoms with E-state index in [4.69, 9.17) is 0 Å². The molecule has 0 radical (unpaired) electrons. The van der Waals surface area contributed by atoms with Gasteiger partial charge in [0, 0.05) is 15.9 Å². The quantitative estimate of drug-likeness (QED) is 0.679. The predicted molar refractivity (Wildman–Crippen MR) is 64.8 cm³/mol. The van der Waals surface area contributed by atoms with Crippen LogP contribution in [0.15, 0.2) is 28.7 Å². The second-order valence-corrected chi connectivity index (χ2v) is 4.07. The molecule has 1 N–H and O–H groups in total. The molecule has 0 atom stereocenters. The van der Waals surface area contributed by atoms with Gasteiger partial charge in [-0.15, -0.1) is 0 Å². The molecule has 5 heteroatoms. The maximum atomic E-state index is 10.9. The highest BCUT2D eigenvalue weighted by molar-refractivity contribution is 9.10. The highest BCUT2D eigenvalue weighted by Crippen LogP contribution is 2.21. The van der Waals surface area contributed by atoms with E-state index in [1.807, 2.05) is 18.2 Å².